The Morgan fingerprint density at radius 3 is 2.69 bits per heavy atom. The first kappa shape index (κ1) is 12.5. The van der Waals surface area contributed by atoms with Gasteiger partial charge < -0.3 is 9.47 Å². The van der Waals surface area contributed by atoms with Gasteiger partial charge in [-0.25, -0.2) is 4.39 Å². The Balaban J connectivity index is 2.40. The normalized spacial score (nSPS) is 9.81. The summed E-state index contributed by atoms with van der Waals surface area (Å²) >= 11 is 0. The third kappa shape index (κ3) is 3.87. The summed E-state index contributed by atoms with van der Waals surface area (Å²) in [5, 5.41) is 8.55. The zero-order valence-corrected chi connectivity index (χ0v) is 9.20. The average molecular weight is 223 g/mol. The Morgan fingerprint density at radius 2 is 2.06 bits per heavy atom. The number of nitrogens with zero attached hydrogens (tertiary/aromatic N) is 1. The lowest BCUT2D eigenvalue weighted by molar-refractivity contribution is 0.183. The van der Waals surface area contributed by atoms with Crippen LogP contribution in [-0.4, -0.2) is 20.3 Å². The second kappa shape index (κ2) is 6.81. The molecule has 0 amide bonds. The molecular formula is C12H14FNO2. The van der Waals surface area contributed by atoms with E-state index in [4.69, 9.17) is 14.7 Å². The Labute approximate surface area is 94.4 Å². The number of methoxy groups -OCH3 is 1. The predicted molar refractivity (Wildman–Crippen MR) is 57.7 cm³/mol. The Hall–Kier alpha value is -1.60. The molecule has 0 bridgehead atoms. The lowest BCUT2D eigenvalue weighted by Crippen LogP contribution is -2.01. The average Bonchev–Trinajstić information content (AvgIpc) is 2.30. The molecule has 0 aliphatic rings. The number of rotatable bonds is 6. The van der Waals surface area contributed by atoms with Gasteiger partial charge in [0, 0.05) is 13.7 Å². The van der Waals surface area contributed by atoms with Crippen molar-refractivity contribution < 1.29 is 13.9 Å². The molecule has 0 aliphatic carbocycles. The maximum Gasteiger partial charge on any atom is 0.166 e. The van der Waals surface area contributed by atoms with Crippen LogP contribution in [0.1, 0.15) is 18.4 Å². The van der Waals surface area contributed by atoms with Gasteiger partial charge in [0.25, 0.3) is 0 Å². The molecule has 16 heavy (non-hydrogen) atoms. The molecule has 0 unspecified atom stereocenters. The molecule has 1 rings (SSSR count). The molecule has 0 aliphatic heterocycles. The molecule has 0 saturated heterocycles. The quantitative estimate of drug-likeness (QED) is 0.696. The van der Waals surface area contributed by atoms with E-state index in [2.05, 4.69) is 0 Å². The SMILES string of the molecule is COCCCCOc1ccc(C#N)cc1F. The summed E-state index contributed by atoms with van der Waals surface area (Å²) in [5.74, 6) is -0.304. The number of hydrogen-bond acceptors (Lipinski definition) is 3. The molecule has 0 spiro atoms. The third-order valence-electron chi connectivity index (χ3n) is 2.06. The summed E-state index contributed by atoms with van der Waals surface area (Å²) in [4.78, 5) is 0. The number of halogens is 1. The third-order valence-corrected chi connectivity index (χ3v) is 2.06. The van der Waals surface area contributed by atoms with E-state index in [1.54, 1.807) is 7.11 Å². The van der Waals surface area contributed by atoms with Crippen LogP contribution in [0.5, 0.6) is 5.75 Å². The van der Waals surface area contributed by atoms with E-state index in [1.807, 2.05) is 6.07 Å². The Morgan fingerprint density at radius 1 is 1.31 bits per heavy atom. The highest BCUT2D eigenvalue weighted by Gasteiger charge is 2.04. The standard InChI is InChI=1S/C12H14FNO2/c1-15-6-2-3-7-16-12-5-4-10(9-14)8-11(12)13/h4-5,8H,2-3,6-7H2,1H3. The zero-order chi connectivity index (χ0) is 11.8. The Bertz CT molecular complexity index is 374. The number of ether oxygens (including phenoxy) is 2. The van der Waals surface area contributed by atoms with Gasteiger partial charge in [-0.3, -0.25) is 0 Å². The molecule has 0 atom stereocenters. The molecule has 0 heterocycles. The van der Waals surface area contributed by atoms with Crippen LogP contribution in [0.2, 0.25) is 0 Å². The van der Waals surface area contributed by atoms with Crippen molar-refractivity contribution >= 4 is 0 Å². The Kier molecular flexibility index (Phi) is 5.30. The van der Waals surface area contributed by atoms with Gasteiger partial charge in [0.15, 0.2) is 11.6 Å². The molecule has 0 saturated carbocycles. The number of nitriles is 1. The van der Waals surface area contributed by atoms with Gasteiger partial charge in [-0.1, -0.05) is 0 Å². The van der Waals surface area contributed by atoms with Crippen molar-refractivity contribution in [2.75, 3.05) is 20.3 Å². The van der Waals surface area contributed by atoms with Crippen LogP contribution in [0, 0.1) is 17.1 Å². The van der Waals surface area contributed by atoms with Crippen LogP contribution in [-0.2, 0) is 4.74 Å². The second-order valence-corrected chi connectivity index (χ2v) is 3.31. The maximum absolute atomic E-state index is 13.3. The van der Waals surface area contributed by atoms with E-state index >= 15 is 0 Å². The second-order valence-electron chi connectivity index (χ2n) is 3.31. The van der Waals surface area contributed by atoms with Gasteiger partial charge in [-0.15, -0.1) is 0 Å². The summed E-state index contributed by atoms with van der Waals surface area (Å²) in [6.07, 6.45) is 1.70. The molecule has 1 aromatic carbocycles. The number of unbranched alkanes of at least 4 members (excludes halogenated alkanes) is 1. The van der Waals surface area contributed by atoms with Crippen LogP contribution in [0.4, 0.5) is 4.39 Å². The fourth-order valence-corrected chi connectivity index (χ4v) is 1.22. The smallest absolute Gasteiger partial charge is 0.166 e. The largest absolute Gasteiger partial charge is 0.491 e. The van der Waals surface area contributed by atoms with Crippen LogP contribution < -0.4 is 4.74 Å². The van der Waals surface area contributed by atoms with Crippen molar-refractivity contribution in [1.82, 2.24) is 0 Å². The van der Waals surface area contributed by atoms with Crippen LogP contribution in [0.25, 0.3) is 0 Å². The summed E-state index contributed by atoms with van der Waals surface area (Å²) in [5.41, 5.74) is 0.296. The summed E-state index contributed by atoms with van der Waals surface area (Å²) < 4.78 is 23.4. The summed E-state index contributed by atoms with van der Waals surface area (Å²) in [7, 11) is 1.64. The van der Waals surface area contributed by atoms with Crippen molar-refractivity contribution in [3.8, 4) is 11.8 Å². The van der Waals surface area contributed by atoms with Gasteiger partial charge in [-0.2, -0.15) is 5.26 Å². The van der Waals surface area contributed by atoms with Crippen molar-refractivity contribution in [2.45, 2.75) is 12.8 Å². The lowest BCUT2D eigenvalue weighted by atomic mass is 10.2. The van der Waals surface area contributed by atoms with Crippen LogP contribution >= 0.6 is 0 Å². The summed E-state index contributed by atoms with van der Waals surface area (Å²) in [6, 6.07) is 6.05. The fraction of sp³-hybridized carbons (Fsp3) is 0.417. The highest BCUT2D eigenvalue weighted by molar-refractivity contribution is 5.35. The minimum absolute atomic E-state index is 0.191. The first-order valence-corrected chi connectivity index (χ1v) is 5.09. The minimum Gasteiger partial charge on any atom is -0.491 e. The predicted octanol–water partition coefficient (Wildman–Crippen LogP) is 2.50. The molecular weight excluding hydrogens is 209 g/mol. The lowest BCUT2D eigenvalue weighted by Gasteiger charge is -2.06. The van der Waals surface area contributed by atoms with E-state index in [1.165, 1.54) is 18.2 Å². The fourth-order valence-electron chi connectivity index (χ4n) is 1.22. The van der Waals surface area contributed by atoms with Gasteiger partial charge >= 0.3 is 0 Å². The van der Waals surface area contributed by atoms with Crippen molar-refractivity contribution in [1.29, 1.82) is 5.26 Å². The van der Waals surface area contributed by atoms with E-state index < -0.39 is 5.82 Å². The van der Waals surface area contributed by atoms with Gasteiger partial charge in [0.05, 0.1) is 18.2 Å². The van der Waals surface area contributed by atoms with Crippen LogP contribution in [0.3, 0.4) is 0 Å². The molecule has 0 aromatic heterocycles. The monoisotopic (exact) mass is 223 g/mol. The van der Waals surface area contributed by atoms with Gasteiger partial charge in [-0.05, 0) is 31.0 Å². The highest BCUT2D eigenvalue weighted by atomic mass is 19.1. The molecule has 0 N–H and O–H groups in total. The topological polar surface area (TPSA) is 42.2 Å². The molecule has 0 fully saturated rings. The van der Waals surface area contributed by atoms with Crippen molar-refractivity contribution in [3.05, 3.63) is 29.6 Å². The molecule has 86 valence electrons. The molecule has 1 aromatic rings. The first-order chi connectivity index (χ1) is 7.77. The first-order valence-electron chi connectivity index (χ1n) is 5.09. The maximum atomic E-state index is 13.3. The van der Waals surface area contributed by atoms with Crippen molar-refractivity contribution in [2.24, 2.45) is 0 Å². The van der Waals surface area contributed by atoms with Crippen LogP contribution in [0.15, 0.2) is 18.2 Å². The van der Waals surface area contributed by atoms with E-state index in [9.17, 15) is 4.39 Å². The van der Waals surface area contributed by atoms with Crippen molar-refractivity contribution in [3.63, 3.8) is 0 Å². The highest BCUT2D eigenvalue weighted by Crippen LogP contribution is 2.18. The molecule has 0 radical (unpaired) electrons. The molecule has 3 nitrogen and oxygen atoms in total. The number of hydrogen-bond donors (Lipinski definition) is 0. The summed E-state index contributed by atoms with van der Waals surface area (Å²) in [6.45, 7) is 1.13. The zero-order valence-electron chi connectivity index (χ0n) is 9.20. The van der Waals surface area contributed by atoms with Gasteiger partial charge in [0.2, 0.25) is 0 Å². The molecule has 4 heteroatoms. The van der Waals surface area contributed by atoms with E-state index in [-0.39, 0.29) is 5.75 Å². The van der Waals surface area contributed by atoms with E-state index in [0.29, 0.717) is 18.8 Å². The van der Waals surface area contributed by atoms with Gasteiger partial charge in [0.1, 0.15) is 0 Å². The minimum atomic E-state index is -0.495. The van der Waals surface area contributed by atoms with E-state index in [0.717, 1.165) is 12.8 Å². The number of benzene rings is 1.